The number of nitrogens with zero attached hydrogens (tertiary/aromatic N) is 5. The minimum Gasteiger partial charge on any atom is -0.489 e. The largest absolute Gasteiger partial charge is 0.489 e. The number of nitrogen functional groups attached to an aromatic ring is 2. The summed E-state index contributed by atoms with van der Waals surface area (Å²) in [5.74, 6) is 0.957. The van der Waals surface area contributed by atoms with E-state index in [0.29, 0.717) is 41.6 Å². The molecule has 4 aromatic rings. The van der Waals surface area contributed by atoms with Gasteiger partial charge >= 0.3 is 0 Å². The second-order valence-electron chi connectivity index (χ2n) is 9.54. The second-order valence-corrected chi connectivity index (χ2v) is 9.54. The highest BCUT2D eigenvalue weighted by Gasteiger charge is 2.25. The summed E-state index contributed by atoms with van der Waals surface area (Å²) in [7, 11) is 0. The molecular weight excluding hydrogens is 484 g/mol. The Morgan fingerprint density at radius 2 is 2.03 bits per heavy atom. The molecule has 1 aromatic carbocycles. The summed E-state index contributed by atoms with van der Waals surface area (Å²) in [6.45, 7) is 3.92. The fourth-order valence-electron chi connectivity index (χ4n) is 5.09. The van der Waals surface area contributed by atoms with Gasteiger partial charge in [0.25, 0.3) is 5.91 Å². The molecule has 0 saturated carbocycles. The molecule has 2 saturated heterocycles. The number of nitrogens with two attached hydrogens (primary N) is 2. The molecule has 0 spiro atoms. The standard InChI is InChI=1S/C27H30N8O3/c28-22-11-19(3-4-20(22)27(36)34-7-5-30-6-8-34)38-15-17-10-18(13-31-12-17)35-14-21(23-2-1-9-37-23)24-25(29)32-16-33-26(24)35/h3-4,10-14,16,23,30H,1-2,5-9,15,28H2,(H2,29,32,33)/t23-/m0/s1. The summed E-state index contributed by atoms with van der Waals surface area (Å²) in [6.07, 6.45) is 8.92. The molecule has 2 fully saturated rings. The Hall–Kier alpha value is -4.22. The number of hydrogen-bond acceptors (Lipinski definition) is 9. The number of hydrogen-bond donors (Lipinski definition) is 3. The molecule has 1 amide bonds. The third kappa shape index (κ3) is 4.61. The number of piperazine rings is 1. The molecule has 1 atom stereocenters. The molecule has 0 unspecified atom stereocenters. The maximum absolute atomic E-state index is 12.8. The number of aromatic nitrogens is 4. The van der Waals surface area contributed by atoms with Crippen molar-refractivity contribution < 1.29 is 14.3 Å². The van der Waals surface area contributed by atoms with Gasteiger partial charge in [-0.25, -0.2) is 9.97 Å². The van der Waals surface area contributed by atoms with Crippen LogP contribution in [0.1, 0.15) is 40.4 Å². The van der Waals surface area contributed by atoms with E-state index >= 15 is 0 Å². The van der Waals surface area contributed by atoms with Gasteiger partial charge in [0.1, 0.15) is 30.1 Å². The lowest BCUT2D eigenvalue weighted by molar-refractivity contribution is 0.0737. The number of benzene rings is 1. The first-order chi connectivity index (χ1) is 18.6. The molecule has 5 heterocycles. The lowest BCUT2D eigenvalue weighted by Gasteiger charge is -2.27. The summed E-state index contributed by atoms with van der Waals surface area (Å²) in [6, 6.07) is 7.19. The number of carbonyl (C=O) groups is 1. The maximum Gasteiger partial charge on any atom is 0.256 e. The highest BCUT2D eigenvalue weighted by Crippen LogP contribution is 2.37. The van der Waals surface area contributed by atoms with Crippen molar-refractivity contribution in [1.82, 2.24) is 29.7 Å². The first-order valence-electron chi connectivity index (χ1n) is 12.8. The van der Waals surface area contributed by atoms with Gasteiger partial charge in [-0.3, -0.25) is 14.3 Å². The fourth-order valence-corrected chi connectivity index (χ4v) is 5.09. The van der Waals surface area contributed by atoms with Crippen molar-refractivity contribution in [2.45, 2.75) is 25.6 Å². The zero-order chi connectivity index (χ0) is 26.1. The zero-order valence-electron chi connectivity index (χ0n) is 21.0. The Bertz CT molecular complexity index is 1470. The van der Waals surface area contributed by atoms with Gasteiger partial charge in [-0.2, -0.15) is 0 Å². The molecule has 3 aromatic heterocycles. The minimum atomic E-state index is -0.0572. The predicted octanol–water partition coefficient (Wildman–Crippen LogP) is 2.46. The normalized spacial score (nSPS) is 17.7. The van der Waals surface area contributed by atoms with Crippen molar-refractivity contribution in [3.8, 4) is 11.4 Å². The number of pyridine rings is 1. The Kier molecular flexibility index (Phi) is 6.52. The van der Waals surface area contributed by atoms with E-state index in [1.165, 1.54) is 6.33 Å². The molecule has 196 valence electrons. The number of carbonyl (C=O) groups excluding carboxylic acids is 1. The van der Waals surface area contributed by atoms with Crippen LogP contribution in [0.5, 0.6) is 5.75 Å². The van der Waals surface area contributed by atoms with E-state index in [-0.39, 0.29) is 18.6 Å². The lowest BCUT2D eigenvalue weighted by atomic mass is 10.1. The highest BCUT2D eigenvalue weighted by atomic mass is 16.5. The minimum absolute atomic E-state index is 0.0292. The number of amides is 1. The third-order valence-corrected chi connectivity index (χ3v) is 7.04. The second kappa shape index (κ2) is 10.3. The van der Waals surface area contributed by atoms with Crippen LogP contribution in [0.2, 0.25) is 0 Å². The van der Waals surface area contributed by atoms with Crippen LogP contribution in [0.3, 0.4) is 0 Å². The van der Waals surface area contributed by atoms with Crippen molar-refractivity contribution >= 4 is 28.4 Å². The van der Waals surface area contributed by atoms with Gasteiger partial charge in [0.2, 0.25) is 0 Å². The van der Waals surface area contributed by atoms with Gasteiger partial charge in [0, 0.05) is 68.1 Å². The molecule has 11 heteroatoms. The SMILES string of the molecule is Nc1cc(OCc2cncc(-n3cc([C@@H]4CCCO4)c4c(N)ncnc43)c2)ccc1C(=O)N1CCNCC1. The van der Waals surface area contributed by atoms with Crippen LogP contribution in [0.25, 0.3) is 16.7 Å². The van der Waals surface area contributed by atoms with E-state index in [9.17, 15) is 4.79 Å². The summed E-state index contributed by atoms with van der Waals surface area (Å²) >= 11 is 0. The van der Waals surface area contributed by atoms with Crippen LogP contribution < -0.4 is 21.5 Å². The molecule has 2 aliphatic heterocycles. The zero-order valence-corrected chi connectivity index (χ0v) is 21.0. The van der Waals surface area contributed by atoms with E-state index < -0.39 is 0 Å². The average Bonchev–Trinajstić information content (AvgIpc) is 3.61. The van der Waals surface area contributed by atoms with Crippen molar-refractivity contribution in [1.29, 1.82) is 0 Å². The molecule has 11 nitrogen and oxygen atoms in total. The van der Waals surface area contributed by atoms with Gasteiger partial charge in [0.05, 0.1) is 28.9 Å². The quantitative estimate of drug-likeness (QED) is 0.330. The summed E-state index contributed by atoms with van der Waals surface area (Å²) in [4.78, 5) is 27.8. The van der Waals surface area contributed by atoms with Gasteiger partial charge in [-0.1, -0.05) is 0 Å². The topological polar surface area (TPSA) is 146 Å². The Morgan fingerprint density at radius 1 is 1.16 bits per heavy atom. The van der Waals surface area contributed by atoms with Crippen molar-refractivity contribution in [2.24, 2.45) is 0 Å². The smallest absolute Gasteiger partial charge is 0.256 e. The van der Waals surface area contributed by atoms with Gasteiger partial charge < -0.3 is 31.2 Å². The first kappa shape index (κ1) is 24.1. The molecular formula is C27H30N8O3. The van der Waals surface area contributed by atoms with Crippen LogP contribution in [0.4, 0.5) is 11.5 Å². The Labute approximate surface area is 219 Å². The van der Waals surface area contributed by atoms with E-state index in [2.05, 4.69) is 20.3 Å². The molecule has 0 aliphatic carbocycles. The van der Waals surface area contributed by atoms with Crippen LogP contribution in [-0.2, 0) is 11.3 Å². The van der Waals surface area contributed by atoms with Gasteiger partial charge in [-0.05, 0) is 31.0 Å². The summed E-state index contributed by atoms with van der Waals surface area (Å²) in [5, 5.41) is 4.06. The van der Waals surface area contributed by atoms with E-state index in [1.807, 2.05) is 21.7 Å². The lowest BCUT2D eigenvalue weighted by Crippen LogP contribution is -2.46. The van der Waals surface area contributed by atoms with E-state index in [4.69, 9.17) is 20.9 Å². The van der Waals surface area contributed by atoms with Crippen molar-refractivity contribution in [2.75, 3.05) is 44.3 Å². The number of fused-ring (bicyclic) bond motifs is 1. The fraction of sp³-hybridized carbons (Fsp3) is 0.333. The van der Waals surface area contributed by atoms with Gasteiger partial charge in [0.15, 0.2) is 0 Å². The molecule has 2 aliphatic rings. The molecule has 6 rings (SSSR count). The predicted molar refractivity (Wildman–Crippen MR) is 143 cm³/mol. The monoisotopic (exact) mass is 514 g/mol. The van der Waals surface area contributed by atoms with Crippen LogP contribution in [0, 0.1) is 0 Å². The van der Waals surface area contributed by atoms with E-state index in [0.717, 1.165) is 54.7 Å². The van der Waals surface area contributed by atoms with Crippen molar-refractivity contribution in [3.05, 3.63) is 65.9 Å². The molecule has 0 radical (unpaired) electrons. The van der Waals surface area contributed by atoms with Crippen LogP contribution in [-0.4, -0.2) is 63.1 Å². The first-order valence-corrected chi connectivity index (χ1v) is 12.8. The van der Waals surface area contributed by atoms with Crippen LogP contribution >= 0.6 is 0 Å². The Morgan fingerprint density at radius 3 is 2.82 bits per heavy atom. The van der Waals surface area contributed by atoms with E-state index in [1.54, 1.807) is 30.6 Å². The number of nitrogens with one attached hydrogen (secondary N) is 1. The Balaban J connectivity index is 1.21. The molecule has 0 bridgehead atoms. The molecule has 5 N–H and O–H groups in total. The highest BCUT2D eigenvalue weighted by molar-refractivity contribution is 5.99. The maximum atomic E-state index is 12.8. The molecule has 38 heavy (non-hydrogen) atoms. The number of rotatable bonds is 6. The third-order valence-electron chi connectivity index (χ3n) is 7.04. The van der Waals surface area contributed by atoms with Gasteiger partial charge in [-0.15, -0.1) is 0 Å². The van der Waals surface area contributed by atoms with Crippen molar-refractivity contribution in [3.63, 3.8) is 0 Å². The summed E-state index contributed by atoms with van der Waals surface area (Å²) < 4.78 is 13.9. The number of ether oxygens (including phenoxy) is 2. The van der Waals surface area contributed by atoms with Crippen LogP contribution in [0.15, 0.2) is 49.2 Å². The number of anilines is 2. The average molecular weight is 515 g/mol. The summed E-state index contributed by atoms with van der Waals surface area (Å²) in [5.41, 5.74) is 16.8.